The fraction of sp³-hybridized carbons (Fsp3) is 0.520. The van der Waals surface area contributed by atoms with Gasteiger partial charge in [0.05, 0.1) is 24.4 Å². The maximum Gasteiger partial charge on any atom is 0.329 e. The summed E-state index contributed by atoms with van der Waals surface area (Å²) < 4.78 is 43.7. The molecule has 2 saturated heterocycles. The minimum absolute atomic E-state index is 0.0263. The quantitative estimate of drug-likeness (QED) is 0.586. The summed E-state index contributed by atoms with van der Waals surface area (Å²) in [5.74, 6) is -3.15. The van der Waals surface area contributed by atoms with Crippen molar-refractivity contribution in [3.8, 4) is 5.75 Å². The van der Waals surface area contributed by atoms with Crippen LogP contribution in [0, 0.1) is 0 Å². The summed E-state index contributed by atoms with van der Waals surface area (Å²) in [6.07, 6.45) is 1.64. The Morgan fingerprint density at radius 1 is 1.26 bits per heavy atom. The molecule has 38 heavy (non-hydrogen) atoms. The second-order valence-electron chi connectivity index (χ2n) is 10.4. The summed E-state index contributed by atoms with van der Waals surface area (Å²) in [4.78, 5) is 38.3. The third-order valence-corrected chi connectivity index (χ3v) is 7.00. The van der Waals surface area contributed by atoms with Crippen molar-refractivity contribution in [2.75, 3.05) is 41.4 Å². The fourth-order valence-corrected chi connectivity index (χ4v) is 4.97. The lowest BCUT2D eigenvalue weighted by Crippen LogP contribution is -2.48. The third kappa shape index (κ3) is 4.83. The van der Waals surface area contributed by atoms with Gasteiger partial charge in [0, 0.05) is 31.8 Å². The Labute approximate surface area is 217 Å². The Morgan fingerprint density at radius 2 is 2.08 bits per heavy atom. The van der Waals surface area contributed by atoms with Crippen LogP contribution in [-0.4, -0.2) is 78.1 Å². The van der Waals surface area contributed by atoms with Crippen LogP contribution in [0.15, 0.2) is 30.5 Å². The molecule has 3 fully saturated rings. The zero-order valence-electron chi connectivity index (χ0n) is 20.9. The van der Waals surface area contributed by atoms with Gasteiger partial charge in [0.2, 0.25) is 0 Å². The van der Waals surface area contributed by atoms with Gasteiger partial charge in [0.25, 0.3) is 11.8 Å². The Bertz CT molecular complexity index is 1280. The second-order valence-corrected chi connectivity index (χ2v) is 10.4. The van der Waals surface area contributed by atoms with Crippen molar-refractivity contribution in [3.05, 3.63) is 36.2 Å². The molecule has 2 N–H and O–H groups in total. The van der Waals surface area contributed by atoms with E-state index < -0.39 is 29.7 Å². The zero-order chi connectivity index (χ0) is 26.7. The predicted octanol–water partition coefficient (Wildman–Crippen LogP) is 2.78. The summed E-state index contributed by atoms with van der Waals surface area (Å²) in [6.45, 7) is 5.73. The molecule has 1 unspecified atom stereocenters. The number of fused-ring (bicyclic) bond motifs is 4. The summed E-state index contributed by atoms with van der Waals surface area (Å²) in [5, 5.41) is 5.11. The van der Waals surface area contributed by atoms with E-state index in [1.807, 2.05) is 13.8 Å². The summed E-state index contributed by atoms with van der Waals surface area (Å²) in [7, 11) is 0. The predicted molar refractivity (Wildman–Crippen MR) is 132 cm³/mol. The van der Waals surface area contributed by atoms with E-state index in [2.05, 4.69) is 25.5 Å². The number of pyridine rings is 2. The van der Waals surface area contributed by atoms with Gasteiger partial charge >= 0.3 is 6.03 Å². The van der Waals surface area contributed by atoms with Gasteiger partial charge in [-0.15, -0.1) is 0 Å². The molecule has 2 bridgehead atoms. The number of carbonyl (C=O) groups is 2. The molecular formula is C25H28F2N6O5. The minimum Gasteiger partial charge on any atom is -0.491 e. The number of amides is 3. The number of rotatable bonds is 6. The first-order valence-corrected chi connectivity index (χ1v) is 12.5. The van der Waals surface area contributed by atoms with Crippen LogP contribution in [0.4, 0.5) is 30.9 Å². The first-order valence-electron chi connectivity index (χ1n) is 12.5. The van der Waals surface area contributed by atoms with E-state index in [1.54, 1.807) is 18.2 Å². The molecule has 13 heteroatoms. The molecule has 3 amide bonds. The van der Waals surface area contributed by atoms with Gasteiger partial charge in [0.1, 0.15) is 30.0 Å². The minimum atomic E-state index is -2.89. The van der Waals surface area contributed by atoms with Crippen molar-refractivity contribution in [3.63, 3.8) is 0 Å². The first-order chi connectivity index (χ1) is 18.1. The number of carbonyl (C=O) groups excluding carboxylic acids is 2. The molecule has 11 nitrogen and oxygen atoms in total. The van der Waals surface area contributed by atoms with Gasteiger partial charge in [-0.05, 0) is 38.5 Å². The smallest absolute Gasteiger partial charge is 0.329 e. The number of aromatic nitrogens is 2. The average Bonchev–Trinajstić information content (AvgIpc) is 3.16. The van der Waals surface area contributed by atoms with Crippen molar-refractivity contribution in [2.45, 2.75) is 56.6 Å². The van der Waals surface area contributed by atoms with Crippen LogP contribution < -0.4 is 25.2 Å². The van der Waals surface area contributed by atoms with Crippen molar-refractivity contribution in [1.29, 1.82) is 0 Å². The van der Waals surface area contributed by atoms with E-state index in [9.17, 15) is 18.4 Å². The van der Waals surface area contributed by atoms with Crippen LogP contribution in [0.3, 0.4) is 0 Å². The highest BCUT2D eigenvalue weighted by molar-refractivity contribution is 6.05. The van der Waals surface area contributed by atoms with Gasteiger partial charge < -0.3 is 24.4 Å². The van der Waals surface area contributed by atoms with E-state index >= 15 is 0 Å². The molecule has 4 aliphatic rings. The third-order valence-electron chi connectivity index (χ3n) is 7.00. The molecule has 0 radical (unpaired) electrons. The Hall–Kier alpha value is -3.58. The lowest BCUT2D eigenvalue weighted by molar-refractivity contribution is -0.141. The van der Waals surface area contributed by atoms with E-state index in [-0.39, 0.29) is 36.7 Å². The standard InChI is InChI=1S/C25H28F2N6O5/c1-24(2)37-13-16(38-24)12-36-15-5-7-28-20(9-15)31-23(35)33-14-6-8-32(11-14)18-4-3-17(29-21(18)33)22(34)30-19-10-25(19,26)27/h3-5,7,9,14,16,19H,6,8,10-13H2,1-2H3,(H,30,34)(H,28,31,35)/t14-,16-,19?/m0/s1. The van der Waals surface area contributed by atoms with Crippen molar-refractivity contribution in [1.82, 2.24) is 15.3 Å². The molecule has 2 aromatic heterocycles. The number of ether oxygens (including phenoxy) is 3. The van der Waals surface area contributed by atoms with Crippen LogP contribution in [-0.2, 0) is 9.47 Å². The lowest BCUT2D eigenvalue weighted by Gasteiger charge is -2.35. The SMILES string of the molecule is CC1(C)OC[C@H](COc2ccnc(NC(=O)N3c4nc(C(=O)NC5CC5(F)F)ccc4N4CC[C@H]3C4)c2)O1. The van der Waals surface area contributed by atoms with Crippen LogP contribution in [0.5, 0.6) is 5.75 Å². The van der Waals surface area contributed by atoms with Gasteiger partial charge in [0.15, 0.2) is 11.6 Å². The first kappa shape index (κ1) is 24.7. The molecule has 1 aliphatic carbocycles. The molecule has 2 aromatic rings. The van der Waals surface area contributed by atoms with Crippen LogP contribution in [0.25, 0.3) is 0 Å². The number of urea groups is 1. The van der Waals surface area contributed by atoms with Gasteiger partial charge in [-0.3, -0.25) is 15.0 Å². The molecule has 0 aromatic carbocycles. The molecule has 3 atom stereocenters. The van der Waals surface area contributed by atoms with E-state index in [0.717, 1.165) is 13.0 Å². The fourth-order valence-electron chi connectivity index (χ4n) is 4.97. The topological polar surface area (TPSA) is 118 Å². The Balaban J connectivity index is 1.16. The maximum absolute atomic E-state index is 13.5. The monoisotopic (exact) mass is 530 g/mol. The molecule has 5 heterocycles. The van der Waals surface area contributed by atoms with E-state index in [1.165, 1.54) is 17.2 Å². The largest absolute Gasteiger partial charge is 0.491 e. The molecule has 3 aliphatic heterocycles. The number of hydrogen-bond acceptors (Lipinski definition) is 8. The van der Waals surface area contributed by atoms with Gasteiger partial charge in [-0.2, -0.15) is 0 Å². The summed E-state index contributed by atoms with van der Waals surface area (Å²) in [6, 6.07) is 4.67. The van der Waals surface area contributed by atoms with Crippen LogP contribution in [0.2, 0.25) is 0 Å². The zero-order valence-corrected chi connectivity index (χ0v) is 20.9. The van der Waals surface area contributed by atoms with Crippen molar-refractivity contribution in [2.24, 2.45) is 0 Å². The van der Waals surface area contributed by atoms with Gasteiger partial charge in [-0.25, -0.2) is 23.5 Å². The van der Waals surface area contributed by atoms with Crippen molar-refractivity contribution < 1.29 is 32.6 Å². The molecule has 202 valence electrons. The Morgan fingerprint density at radius 3 is 2.82 bits per heavy atom. The number of hydrogen-bond donors (Lipinski definition) is 2. The highest BCUT2D eigenvalue weighted by Gasteiger charge is 2.58. The van der Waals surface area contributed by atoms with Crippen molar-refractivity contribution >= 4 is 29.3 Å². The number of nitrogens with zero attached hydrogens (tertiary/aromatic N) is 4. The van der Waals surface area contributed by atoms with Gasteiger partial charge in [-0.1, -0.05) is 0 Å². The second kappa shape index (κ2) is 9.02. The van der Waals surface area contributed by atoms with Crippen LogP contribution in [0.1, 0.15) is 37.2 Å². The average molecular weight is 531 g/mol. The molecule has 1 saturated carbocycles. The van der Waals surface area contributed by atoms with E-state index in [0.29, 0.717) is 30.4 Å². The Kier molecular flexibility index (Phi) is 5.87. The van der Waals surface area contributed by atoms with E-state index in [4.69, 9.17) is 14.2 Å². The summed E-state index contributed by atoms with van der Waals surface area (Å²) in [5.41, 5.74) is 0.676. The molecule has 6 rings (SSSR count). The highest BCUT2D eigenvalue weighted by atomic mass is 19.3. The molecule has 0 spiro atoms. The highest BCUT2D eigenvalue weighted by Crippen LogP contribution is 2.42. The lowest BCUT2D eigenvalue weighted by atomic mass is 10.1. The van der Waals surface area contributed by atoms with Crippen LogP contribution >= 0.6 is 0 Å². The summed E-state index contributed by atoms with van der Waals surface area (Å²) >= 11 is 0. The number of halogens is 2. The number of alkyl halides is 2. The number of anilines is 3. The normalized spacial score (nSPS) is 26.1. The number of nitrogens with one attached hydrogen (secondary N) is 2. The molecular weight excluding hydrogens is 502 g/mol. The maximum atomic E-state index is 13.5.